The third kappa shape index (κ3) is 4.72. The summed E-state index contributed by atoms with van der Waals surface area (Å²) in [5.74, 6) is 0.686. The predicted octanol–water partition coefficient (Wildman–Crippen LogP) is 1.71. The summed E-state index contributed by atoms with van der Waals surface area (Å²) >= 11 is 0. The molecule has 1 saturated heterocycles. The zero-order chi connectivity index (χ0) is 15.1. The van der Waals surface area contributed by atoms with Crippen LogP contribution >= 0.6 is 0 Å². The summed E-state index contributed by atoms with van der Waals surface area (Å²) in [4.78, 5) is 14.3. The van der Waals surface area contributed by atoms with Gasteiger partial charge in [0.1, 0.15) is 5.75 Å². The lowest BCUT2D eigenvalue weighted by Gasteiger charge is -2.26. The van der Waals surface area contributed by atoms with Crippen LogP contribution in [0.2, 0.25) is 0 Å². The van der Waals surface area contributed by atoms with Crippen LogP contribution in [-0.2, 0) is 4.79 Å². The Kier molecular flexibility index (Phi) is 6.02. The number of anilines is 1. The van der Waals surface area contributed by atoms with E-state index in [2.05, 4.69) is 15.5 Å². The number of likely N-dealkylation sites (N-methyl/N-ethyl adjacent to an activating group) is 1. The number of amides is 1. The van der Waals surface area contributed by atoms with Crippen LogP contribution in [0, 0.1) is 0 Å². The van der Waals surface area contributed by atoms with E-state index in [0.717, 1.165) is 31.6 Å². The number of methoxy groups -OCH3 is 1. The third-order valence-electron chi connectivity index (χ3n) is 3.94. The number of nitrogens with one attached hydrogen (secondary N) is 2. The van der Waals surface area contributed by atoms with Gasteiger partial charge in [-0.05, 0) is 51.5 Å². The Morgan fingerprint density at radius 1 is 1.38 bits per heavy atom. The predicted molar refractivity (Wildman–Crippen MR) is 84.8 cm³/mol. The fourth-order valence-corrected chi connectivity index (χ4v) is 2.73. The average molecular weight is 291 g/mol. The van der Waals surface area contributed by atoms with Gasteiger partial charge in [-0.1, -0.05) is 12.1 Å². The second kappa shape index (κ2) is 8.00. The van der Waals surface area contributed by atoms with Gasteiger partial charge in [0.2, 0.25) is 5.91 Å². The maximum Gasteiger partial charge on any atom is 0.238 e. The monoisotopic (exact) mass is 291 g/mol. The lowest BCUT2D eigenvalue weighted by atomic mass is 10.1. The van der Waals surface area contributed by atoms with E-state index < -0.39 is 0 Å². The van der Waals surface area contributed by atoms with Crippen molar-refractivity contribution in [2.75, 3.05) is 39.1 Å². The molecule has 1 amide bonds. The molecule has 1 fully saturated rings. The van der Waals surface area contributed by atoms with Crippen LogP contribution in [0.25, 0.3) is 0 Å². The Balaban J connectivity index is 1.88. The molecular weight excluding hydrogens is 266 g/mol. The quantitative estimate of drug-likeness (QED) is 0.867. The molecule has 2 N–H and O–H groups in total. The molecule has 2 rings (SSSR count). The number of hydrogen-bond acceptors (Lipinski definition) is 4. The largest absolute Gasteiger partial charge is 0.495 e. The molecule has 1 aliphatic heterocycles. The fourth-order valence-electron chi connectivity index (χ4n) is 2.73. The van der Waals surface area contributed by atoms with Crippen LogP contribution in [0.1, 0.15) is 19.3 Å². The van der Waals surface area contributed by atoms with Crippen molar-refractivity contribution < 1.29 is 9.53 Å². The van der Waals surface area contributed by atoms with Gasteiger partial charge in [-0.25, -0.2) is 0 Å². The van der Waals surface area contributed by atoms with Gasteiger partial charge in [0, 0.05) is 6.04 Å². The van der Waals surface area contributed by atoms with Crippen molar-refractivity contribution in [3.63, 3.8) is 0 Å². The summed E-state index contributed by atoms with van der Waals surface area (Å²) in [5, 5.41) is 6.32. The highest BCUT2D eigenvalue weighted by atomic mass is 16.5. The third-order valence-corrected chi connectivity index (χ3v) is 3.94. The Labute approximate surface area is 126 Å². The Morgan fingerprint density at radius 3 is 3.00 bits per heavy atom. The van der Waals surface area contributed by atoms with Gasteiger partial charge in [-0.3, -0.25) is 9.69 Å². The Hall–Kier alpha value is -1.59. The molecule has 1 aliphatic rings. The summed E-state index contributed by atoms with van der Waals surface area (Å²) in [5.41, 5.74) is 0.723. The minimum absolute atomic E-state index is 0.000735. The van der Waals surface area contributed by atoms with Gasteiger partial charge in [-0.2, -0.15) is 0 Å². The smallest absolute Gasteiger partial charge is 0.238 e. The lowest BCUT2D eigenvalue weighted by Crippen LogP contribution is -2.38. The minimum Gasteiger partial charge on any atom is -0.495 e. The Bertz CT molecular complexity index is 457. The molecule has 0 aliphatic carbocycles. The molecule has 0 saturated carbocycles. The minimum atomic E-state index is -0.000735. The molecule has 1 aromatic carbocycles. The van der Waals surface area contributed by atoms with Gasteiger partial charge < -0.3 is 15.4 Å². The van der Waals surface area contributed by atoms with E-state index in [-0.39, 0.29) is 5.91 Å². The van der Waals surface area contributed by atoms with E-state index in [0.29, 0.717) is 18.3 Å². The van der Waals surface area contributed by atoms with E-state index >= 15 is 0 Å². The fraction of sp³-hybridized carbons (Fsp3) is 0.562. The molecule has 0 bridgehead atoms. The molecule has 0 radical (unpaired) electrons. The first-order chi connectivity index (χ1) is 10.2. The number of benzene rings is 1. The molecule has 1 unspecified atom stereocenters. The summed E-state index contributed by atoms with van der Waals surface area (Å²) < 4.78 is 5.25. The topological polar surface area (TPSA) is 53.6 Å². The van der Waals surface area contributed by atoms with Crippen LogP contribution in [0.4, 0.5) is 5.69 Å². The highest BCUT2D eigenvalue weighted by Crippen LogP contribution is 2.23. The van der Waals surface area contributed by atoms with E-state index in [1.54, 1.807) is 7.11 Å². The van der Waals surface area contributed by atoms with Gasteiger partial charge in [0.05, 0.1) is 19.3 Å². The van der Waals surface area contributed by atoms with Crippen LogP contribution < -0.4 is 15.4 Å². The van der Waals surface area contributed by atoms with E-state index in [1.165, 1.54) is 6.42 Å². The number of hydrogen-bond donors (Lipinski definition) is 2. The molecule has 21 heavy (non-hydrogen) atoms. The molecule has 5 nitrogen and oxygen atoms in total. The number of carbonyl (C=O) groups is 1. The SMILES string of the molecule is COc1ccccc1NC(=O)CN(C)C1CCCNCC1. The maximum atomic E-state index is 12.2. The molecule has 1 atom stereocenters. The van der Waals surface area contributed by atoms with E-state index in [9.17, 15) is 4.79 Å². The molecular formula is C16H25N3O2. The van der Waals surface area contributed by atoms with Crippen molar-refractivity contribution in [2.45, 2.75) is 25.3 Å². The summed E-state index contributed by atoms with van der Waals surface area (Å²) in [6.45, 7) is 2.52. The van der Waals surface area contributed by atoms with Crippen molar-refractivity contribution in [3.8, 4) is 5.75 Å². The van der Waals surface area contributed by atoms with Crippen LogP contribution in [0.15, 0.2) is 24.3 Å². The van der Waals surface area contributed by atoms with Gasteiger partial charge >= 0.3 is 0 Å². The first-order valence-corrected chi connectivity index (χ1v) is 7.54. The standard InChI is InChI=1S/C16H25N3O2/c1-19(13-6-5-10-17-11-9-13)12-16(20)18-14-7-3-4-8-15(14)21-2/h3-4,7-8,13,17H,5-6,9-12H2,1-2H3,(H,18,20). The van der Waals surface area contributed by atoms with Crippen molar-refractivity contribution in [2.24, 2.45) is 0 Å². The first-order valence-electron chi connectivity index (χ1n) is 7.54. The molecule has 0 aromatic heterocycles. The number of carbonyl (C=O) groups excluding carboxylic acids is 1. The maximum absolute atomic E-state index is 12.2. The molecule has 1 aromatic rings. The van der Waals surface area contributed by atoms with Gasteiger partial charge in [0.15, 0.2) is 0 Å². The molecule has 5 heteroatoms. The number of ether oxygens (including phenoxy) is 1. The first kappa shape index (κ1) is 15.8. The molecule has 1 heterocycles. The van der Waals surface area contributed by atoms with Crippen molar-refractivity contribution >= 4 is 11.6 Å². The summed E-state index contributed by atoms with van der Waals surface area (Å²) in [7, 11) is 3.63. The van der Waals surface area contributed by atoms with Crippen molar-refractivity contribution in [1.82, 2.24) is 10.2 Å². The van der Waals surface area contributed by atoms with E-state index in [1.807, 2.05) is 31.3 Å². The second-order valence-corrected chi connectivity index (χ2v) is 5.50. The van der Waals surface area contributed by atoms with Crippen LogP contribution in [0.5, 0.6) is 5.75 Å². The van der Waals surface area contributed by atoms with Gasteiger partial charge in [-0.15, -0.1) is 0 Å². The highest BCUT2D eigenvalue weighted by molar-refractivity contribution is 5.93. The average Bonchev–Trinajstić information content (AvgIpc) is 2.76. The summed E-state index contributed by atoms with van der Waals surface area (Å²) in [6, 6.07) is 7.95. The number of rotatable bonds is 5. The molecule has 116 valence electrons. The lowest BCUT2D eigenvalue weighted by molar-refractivity contribution is -0.117. The highest BCUT2D eigenvalue weighted by Gasteiger charge is 2.19. The number of para-hydroxylation sites is 2. The zero-order valence-corrected chi connectivity index (χ0v) is 12.9. The second-order valence-electron chi connectivity index (χ2n) is 5.50. The van der Waals surface area contributed by atoms with E-state index in [4.69, 9.17) is 4.74 Å². The summed E-state index contributed by atoms with van der Waals surface area (Å²) in [6.07, 6.45) is 3.41. The van der Waals surface area contributed by atoms with Crippen molar-refractivity contribution in [3.05, 3.63) is 24.3 Å². The van der Waals surface area contributed by atoms with Gasteiger partial charge in [0.25, 0.3) is 0 Å². The van der Waals surface area contributed by atoms with Crippen LogP contribution in [-0.4, -0.2) is 50.6 Å². The normalized spacial score (nSPS) is 19.1. The van der Waals surface area contributed by atoms with Crippen molar-refractivity contribution in [1.29, 1.82) is 0 Å². The number of nitrogens with zero attached hydrogens (tertiary/aromatic N) is 1. The van der Waals surface area contributed by atoms with Crippen LogP contribution in [0.3, 0.4) is 0 Å². The molecule has 0 spiro atoms. The zero-order valence-electron chi connectivity index (χ0n) is 12.9. The Morgan fingerprint density at radius 2 is 2.19 bits per heavy atom.